The molecule has 0 aliphatic carbocycles. The van der Waals surface area contributed by atoms with E-state index in [0.717, 1.165) is 5.56 Å². The monoisotopic (exact) mass is 480 g/mol. The van der Waals surface area contributed by atoms with Gasteiger partial charge in [-0.05, 0) is 24.3 Å². The molecule has 0 spiro atoms. The summed E-state index contributed by atoms with van der Waals surface area (Å²) in [7, 11) is 3.11. The Kier molecular flexibility index (Phi) is 7.38. The van der Waals surface area contributed by atoms with Crippen LogP contribution in [0.2, 0.25) is 0 Å². The van der Waals surface area contributed by atoms with Gasteiger partial charge in [-0.1, -0.05) is 42.1 Å². The van der Waals surface area contributed by atoms with Crippen LogP contribution < -0.4 is 14.8 Å². The maximum Gasteiger partial charge on any atom is 0.234 e. The molecule has 0 aliphatic heterocycles. The molecule has 0 saturated carbocycles. The van der Waals surface area contributed by atoms with Crippen LogP contribution in [0, 0.1) is 0 Å². The Balaban J connectivity index is 1.38. The Hall–Kier alpha value is -3.93. The Morgan fingerprint density at radius 3 is 2.56 bits per heavy atom. The van der Waals surface area contributed by atoms with Crippen molar-refractivity contribution in [2.75, 3.05) is 25.3 Å². The lowest BCUT2D eigenvalue weighted by molar-refractivity contribution is -0.113. The fraction of sp³-hybridized carbons (Fsp3) is 0.273. The summed E-state index contributed by atoms with van der Waals surface area (Å²) in [5, 5.41) is 24.7. The van der Waals surface area contributed by atoms with Gasteiger partial charge in [0.25, 0.3) is 0 Å². The van der Waals surface area contributed by atoms with Crippen LogP contribution in [0.1, 0.15) is 12.7 Å². The summed E-state index contributed by atoms with van der Waals surface area (Å²) in [6.45, 7) is 2.95. The van der Waals surface area contributed by atoms with E-state index in [1.54, 1.807) is 32.4 Å². The highest BCUT2D eigenvalue weighted by molar-refractivity contribution is 7.99. The number of amides is 1. The second-order valence-corrected chi connectivity index (χ2v) is 8.00. The SMILES string of the molecule is CCn1c(Cn2nnc(-c3ccccc3)n2)nnc1SCC(=O)Nc1ccc(OC)c(OC)c1. The van der Waals surface area contributed by atoms with Crippen molar-refractivity contribution >= 4 is 23.4 Å². The predicted octanol–water partition coefficient (Wildman–Crippen LogP) is 2.75. The maximum atomic E-state index is 12.5. The van der Waals surface area contributed by atoms with E-state index >= 15 is 0 Å². The van der Waals surface area contributed by atoms with Gasteiger partial charge in [0, 0.05) is 23.9 Å². The van der Waals surface area contributed by atoms with E-state index in [4.69, 9.17) is 9.47 Å². The summed E-state index contributed by atoms with van der Waals surface area (Å²) in [6.07, 6.45) is 0. The third kappa shape index (κ3) is 5.34. The number of anilines is 1. The van der Waals surface area contributed by atoms with Crippen molar-refractivity contribution in [1.29, 1.82) is 0 Å². The highest BCUT2D eigenvalue weighted by atomic mass is 32.2. The molecule has 34 heavy (non-hydrogen) atoms. The molecule has 4 rings (SSSR count). The van der Waals surface area contributed by atoms with E-state index < -0.39 is 0 Å². The largest absolute Gasteiger partial charge is 0.493 e. The zero-order chi connectivity index (χ0) is 23.9. The van der Waals surface area contributed by atoms with Crippen LogP contribution in [0.4, 0.5) is 5.69 Å². The van der Waals surface area contributed by atoms with Gasteiger partial charge in [-0.25, -0.2) is 0 Å². The first kappa shape index (κ1) is 23.2. The van der Waals surface area contributed by atoms with Crippen LogP contribution in [0.5, 0.6) is 11.5 Å². The van der Waals surface area contributed by atoms with Crippen molar-refractivity contribution in [3.8, 4) is 22.9 Å². The molecule has 0 fully saturated rings. The average molecular weight is 481 g/mol. The van der Waals surface area contributed by atoms with Crippen LogP contribution in [-0.4, -0.2) is 60.9 Å². The maximum absolute atomic E-state index is 12.5. The molecule has 0 saturated heterocycles. The van der Waals surface area contributed by atoms with E-state index in [2.05, 4.69) is 30.9 Å². The number of hydrogen-bond acceptors (Lipinski definition) is 9. The first-order valence-electron chi connectivity index (χ1n) is 10.5. The number of aromatic nitrogens is 7. The standard InChI is InChI=1S/C22H24N8O3S/c1-4-29-19(13-30-27-21(25-28-30)15-8-6-5-7-9-15)24-26-22(29)34-14-20(31)23-16-10-11-17(32-2)18(12-16)33-3/h5-12H,4,13-14H2,1-3H3,(H,23,31). The van der Waals surface area contributed by atoms with E-state index in [0.29, 0.717) is 47.1 Å². The minimum atomic E-state index is -0.171. The third-order valence-corrected chi connectivity index (χ3v) is 5.84. The molecule has 1 amide bonds. The zero-order valence-electron chi connectivity index (χ0n) is 19.0. The van der Waals surface area contributed by atoms with E-state index in [1.165, 1.54) is 16.6 Å². The van der Waals surface area contributed by atoms with E-state index in [9.17, 15) is 4.79 Å². The molecule has 2 aromatic heterocycles. The first-order valence-corrected chi connectivity index (χ1v) is 11.5. The molecular weight excluding hydrogens is 456 g/mol. The Morgan fingerprint density at radius 2 is 1.82 bits per heavy atom. The fourth-order valence-corrected chi connectivity index (χ4v) is 4.06. The second kappa shape index (κ2) is 10.8. The molecule has 176 valence electrons. The summed E-state index contributed by atoms with van der Waals surface area (Å²) in [5.74, 6) is 2.37. The number of tetrazole rings is 1. The van der Waals surface area contributed by atoms with Crippen LogP contribution >= 0.6 is 11.8 Å². The first-order chi connectivity index (χ1) is 16.6. The molecule has 0 unspecified atom stereocenters. The molecule has 0 aliphatic rings. The van der Waals surface area contributed by atoms with Gasteiger partial charge in [-0.3, -0.25) is 4.79 Å². The molecule has 2 aromatic carbocycles. The van der Waals surface area contributed by atoms with Crippen molar-refractivity contribution in [3.05, 3.63) is 54.4 Å². The van der Waals surface area contributed by atoms with Crippen LogP contribution in [0.25, 0.3) is 11.4 Å². The molecule has 2 heterocycles. The number of methoxy groups -OCH3 is 2. The van der Waals surface area contributed by atoms with Crippen molar-refractivity contribution in [3.63, 3.8) is 0 Å². The normalized spacial score (nSPS) is 10.8. The minimum absolute atomic E-state index is 0.171. The predicted molar refractivity (Wildman–Crippen MR) is 127 cm³/mol. The van der Waals surface area contributed by atoms with Crippen molar-refractivity contribution in [2.24, 2.45) is 0 Å². The summed E-state index contributed by atoms with van der Waals surface area (Å²) in [6, 6.07) is 14.8. The van der Waals surface area contributed by atoms with Gasteiger partial charge in [0.05, 0.1) is 20.0 Å². The topological polar surface area (TPSA) is 122 Å². The molecule has 11 nitrogen and oxygen atoms in total. The molecule has 1 N–H and O–H groups in total. The van der Waals surface area contributed by atoms with Gasteiger partial charge >= 0.3 is 0 Å². The van der Waals surface area contributed by atoms with Crippen molar-refractivity contribution in [2.45, 2.75) is 25.2 Å². The van der Waals surface area contributed by atoms with Crippen molar-refractivity contribution in [1.82, 2.24) is 35.0 Å². The zero-order valence-corrected chi connectivity index (χ0v) is 19.8. The molecule has 12 heteroatoms. The second-order valence-electron chi connectivity index (χ2n) is 7.06. The number of nitrogens with zero attached hydrogens (tertiary/aromatic N) is 7. The summed E-state index contributed by atoms with van der Waals surface area (Å²) >= 11 is 1.31. The molecule has 4 aromatic rings. The Labute approximate surface area is 200 Å². The molecule has 0 atom stereocenters. The number of carbonyl (C=O) groups excluding carboxylic acids is 1. The lowest BCUT2D eigenvalue weighted by Crippen LogP contribution is -2.15. The van der Waals surface area contributed by atoms with Gasteiger partial charge in [0.15, 0.2) is 22.5 Å². The Morgan fingerprint density at radius 1 is 1.03 bits per heavy atom. The average Bonchev–Trinajstić information content (AvgIpc) is 3.50. The van der Waals surface area contributed by atoms with Gasteiger partial charge < -0.3 is 19.4 Å². The van der Waals surface area contributed by atoms with E-state index in [1.807, 2.05) is 41.8 Å². The summed E-state index contributed by atoms with van der Waals surface area (Å²) in [5.41, 5.74) is 1.51. The highest BCUT2D eigenvalue weighted by Gasteiger charge is 2.16. The number of thioether (sulfide) groups is 1. The highest BCUT2D eigenvalue weighted by Crippen LogP contribution is 2.30. The number of rotatable bonds is 10. The molecule has 0 bridgehead atoms. The van der Waals surface area contributed by atoms with Crippen LogP contribution in [-0.2, 0) is 17.9 Å². The fourth-order valence-electron chi connectivity index (χ4n) is 3.24. The number of ether oxygens (including phenoxy) is 2. The summed E-state index contributed by atoms with van der Waals surface area (Å²) < 4.78 is 12.4. The quantitative estimate of drug-likeness (QED) is 0.341. The number of hydrogen-bond donors (Lipinski definition) is 1. The van der Waals surface area contributed by atoms with E-state index in [-0.39, 0.29) is 11.7 Å². The van der Waals surface area contributed by atoms with Crippen LogP contribution in [0.3, 0.4) is 0 Å². The van der Waals surface area contributed by atoms with Crippen LogP contribution in [0.15, 0.2) is 53.7 Å². The summed E-state index contributed by atoms with van der Waals surface area (Å²) in [4.78, 5) is 14.0. The minimum Gasteiger partial charge on any atom is -0.493 e. The van der Waals surface area contributed by atoms with Gasteiger partial charge in [-0.2, -0.15) is 4.80 Å². The van der Waals surface area contributed by atoms with Crippen molar-refractivity contribution < 1.29 is 14.3 Å². The Bertz CT molecular complexity index is 1260. The molecular formula is C22H24N8O3S. The van der Waals surface area contributed by atoms with Gasteiger partial charge in [0.1, 0.15) is 6.54 Å². The lowest BCUT2D eigenvalue weighted by Gasteiger charge is -2.10. The number of nitrogens with one attached hydrogen (secondary N) is 1. The number of carbonyl (C=O) groups is 1. The third-order valence-electron chi connectivity index (χ3n) is 4.88. The lowest BCUT2D eigenvalue weighted by atomic mass is 10.2. The van der Waals surface area contributed by atoms with Gasteiger partial charge in [0.2, 0.25) is 11.7 Å². The van der Waals surface area contributed by atoms with Gasteiger partial charge in [-0.15, -0.1) is 20.4 Å². The smallest absolute Gasteiger partial charge is 0.234 e. The molecule has 0 radical (unpaired) electrons. The number of benzene rings is 2.